The Bertz CT molecular complexity index is 1370. The second-order valence-corrected chi connectivity index (χ2v) is 9.92. The van der Waals surface area contributed by atoms with Crippen LogP contribution in [0.3, 0.4) is 0 Å². The SMILES string of the molecule is O=CNC1C(=O)N2C(C(=O)OC(c3ccccc3)c3ccccc3)=C(COC(=O)n3cccc3CO)CS[C@H]12. The first-order valence-electron chi connectivity index (χ1n) is 12.1. The van der Waals surface area contributed by atoms with E-state index in [1.807, 2.05) is 60.7 Å². The number of amides is 2. The summed E-state index contributed by atoms with van der Waals surface area (Å²) in [6.07, 6.45) is 0.424. The van der Waals surface area contributed by atoms with Gasteiger partial charge in [0.05, 0.1) is 12.3 Å². The molecule has 10 nitrogen and oxygen atoms in total. The van der Waals surface area contributed by atoms with E-state index in [0.717, 1.165) is 15.7 Å². The molecule has 1 aromatic heterocycles. The fourth-order valence-electron chi connectivity index (χ4n) is 4.57. The van der Waals surface area contributed by atoms with Crippen LogP contribution < -0.4 is 5.32 Å². The summed E-state index contributed by atoms with van der Waals surface area (Å²) in [5.41, 5.74) is 2.22. The van der Waals surface area contributed by atoms with Gasteiger partial charge in [0.25, 0.3) is 5.91 Å². The first-order chi connectivity index (χ1) is 19.0. The molecule has 3 aromatic rings. The molecule has 3 heterocycles. The highest BCUT2D eigenvalue weighted by Crippen LogP contribution is 2.41. The number of thioether (sulfide) groups is 1. The summed E-state index contributed by atoms with van der Waals surface area (Å²) < 4.78 is 12.7. The molecule has 39 heavy (non-hydrogen) atoms. The van der Waals surface area contributed by atoms with Crippen molar-refractivity contribution >= 4 is 36.1 Å². The highest BCUT2D eigenvalue weighted by molar-refractivity contribution is 8.00. The van der Waals surface area contributed by atoms with E-state index in [1.54, 1.807) is 12.1 Å². The number of aliphatic hydroxyl groups is 1. The van der Waals surface area contributed by atoms with Crippen LogP contribution in [0.15, 0.2) is 90.3 Å². The number of β-lactam (4-membered cyclic amide) rings is 1. The highest BCUT2D eigenvalue weighted by atomic mass is 32.2. The predicted molar refractivity (Wildman–Crippen MR) is 141 cm³/mol. The molecule has 2 amide bonds. The standard InChI is InChI=1S/C28H25N3O7S/c32-14-21-12-7-13-30(21)28(36)37-15-20-16-39-26-22(29-17-33)25(34)31(26)23(20)27(35)38-24(18-8-3-1-4-9-18)19-10-5-2-6-11-19/h1-13,17,22,24,26,32H,14-16H2,(H,29,33)/t22?,26-/m1/s1. The fraction of sp³-hybridized carbons (Fsp3) is 0.214. The van der Waals surface area contributed by atoms with Crippen LogP contribution in [0.2, 0.25) is 0 Å². The van der Waals surface area contributed by atoms with Gasteiger partial charge in [-0.1, -0.05) is 60.7 Å². The summed E-state index contributed by atoms with van der Waals surface area (Å²) in [5.74, 6) is -0.943. The Balaban J connectivity index is 1.46. The summed E-state index contributed by atoms with van der Waals surface area (Å²) in [6.45, 7) is -0.628. The number of ether oxygens (including phenoxy) is 2. The van der Waals surface area contributed by atoms with Crippen molar-refractivity contribution in [3.05, 3.63) is 107 Å². The van der Waals surface area contributed by atoms with Gasteiger partial charge in [-0.05, 0) is 23.3 Å². The van der Waals surface area contributed by atoms with Gasteiger partial charge in [-0.15, -0.1) is 11.8 Å². The van der Waals surface area contributed by atoms with Crippen LogP contribution in [0.25, 0.3) is 0 Å². The molecular weight excluding hydrogens is 522 g/mol. The predicted octanol–water partition coefficient (Wildman–Crippen LogP) is 2.58. The first-order valence-corrected chi connectivity index (χ1v) is 13.2. The molecule has 0 spiro atoms. The first kappa shape index (κ1) is 26.3. The van der Waals surface area contributed by atoms with Crippen LogP contribution in [0, 0.1) is 0 Å². The van der Waals surface area contributed by atoms with Gasteiger partial charge < -0.3 is 19.9 Å². The van der Waals surface area contributed by atoms with Gasteiger partial charge in [-0.2, -0.15) is 0 Å². The Labute approximate surface area is 228 Å². The number of nitrogens with zero attached hydrogens (tertiary/aromatic N) is 2. The molecule has 2 aliphatic rings. The lowest BCUT2D eigenvalue weighted by Gasteiger charge is -2.49. The number of hydrogen-bond donors (Lipinski definition) is 2. The molecule has 1 unspecified atom stereocenters. The average Bonchev–Trinajstić information content (AvgIpc) is 3.47. The van der Waals surface area contributed by atoms with Crippen LogP contribution in [0.1, 0.15) is 22.9 Å². The quantitative estimate of drug-likeness (QED) is 0.238. The Kier molecular flexibility index (Phi) is 7.80. The maximum absolute atomic E-state index is 13.8. The lowest BCUT2D eigenvalue weighted by molar-refractivity contribution is -0.154. The maximum atomic E-state index is 13.8. The third-order valence-corrected chi connectivity index (χ3v) is 7.82. The lowest BCUT2D eigenvalue weighted by atomic mass is 10.0. The molecular formula is C28H25N3O7S. The number of aliphatic hydroxyl groups excluding tert-OH is 1. The molecule has 2 atom stereocenters. The minimum Gasteiger partial charge on any atom is -0.448 e. The van der Waals surface area contributed by atoms with Crippen molar-refractivity contribution in [2.75, 3.05) is 12.4 Å². The van der Waals surface area contributed by atoms with Crippen LogP contribution in [0.4, 0.5) is 4.79 Å². The molecule has 0 bridgehead atoms. The van der Waals surface area contributed by atoms with E-state index in [2.05, 4.69) is 5.32 Å². The van der Waals surface area contributed by atoms with E-state index in [0.29, 0.717) is 17.7 Å². The molecule has 2 aliphatic heterocycles. The molecule has 0 saturated carbocycles. The molecule has 1 fully saturated rings. The number of nitrogens with one attached hydrogen (secondary N) is 1. The maximum Gasteiger partial charge on any atom is 0.418 e. The van der Waals surface area contributed by atoms with Gasteiger partial charge in [0.1, 0.15) is 23.7 Å². The van der Waals surface area contributed by atoms with Crippen molar-refractivity contribution in [2.45, 2.75) is 24.1 Å². The van der Waals surface area contributed by atoms with Gasteiger partial charge in [-0.25, -0.2) is 9.59 Å². The van der Waals surface area contributed by atoms with E-state index in [9.17, 15) is 24.3 Å². The Hall–Kier alpha value is -4.35. The fourth-order valence-corrected chi connectivity index (χ4v) is 5.90. The average molecular weight is 548 g/mol. The summed E-state index contributed by atoms with van der Waals surface area (Å²) in [7, 11) is 0. The number of fused-ring (bicyclic) bond motifs is 1. The van der Waals surface area contributed by atoms with Gasteiger partial charge in [0.15, 0.2) is 6.10 Å². The Morgan fingerprint density at radius 3 is 2.33 bits per heavy atom. The third-order valence-electron chi connectivity index (χ3n) is 6.48. The van der Waals surface area contributed by atoms with Gasteiger partial charge >= 0.3 is 12.1 Å². The van der Waals surface area contributed by atoms with Crippen molar-refractivity contribution in [1.29, 1.82) is 0 Å². The summed E-state index contributed by atoms with van der Waals surface area (Å²) >= 11 is 1.34. The van der Waals surface area contributed by atoms with Gasteiger partial charge in [0, 0.05) is 17.5 Å². The molecule has 0 aliphatic carbocycles. The lowest BCUT2D eigenvalue weighted by Crippen LogP contribution is -2.69. The van der Waals surface area contributed by atoms with Crippen molar-refractivity contribution < 1.29 is 33.8 Å². The van der Waals surface area contributed by atoms with Crippen LogP contribution in [0.5, 0.6) is 0 Å². The molecule has 2 aromatic carbocycles. The Morgan fingerprint density at radius 2 is 1.72 bits per heavy atom. The van der Waals surface area contributed by atoms with E-state index in [4.69, 9.17) is 9.47 Å². The highest BCUT2D eigenvalue weighted by Gasteiger charge is 2.54. The number of carbonyl (C=O) groups excluding carboxylic acids is 4. The van der Waals surface area contributed by atoms with Crippen molar-refractivity contribution in [1.82, 2.24) is 14.8 Å². The summed E-state index contributed by atoms with van der Waals surface area (Å²) in [6, 6.07) is 20.9. The van der Waals surface area contributed by atoms with Crippen molar-refractivity contribution in [2.24, 2.45) is 0 Å². The molecule has 1 saturated heterocycles. The van der Waals surface area contributed by atoms with E-state index in [1.165, 1.54) is 22.9 Å². The zero-order chi connectivity index (χ0) is 27.4. The topological polar surface area (TPSA) is 127 Å². The van der Waals surface area contributed by atoms with Crippen molar-refractivity contribution in [3.8, 4) is 0 Å². The number of rotatable bonds is 9. The smallest absolute Gasteiger partial charge is 0.418 e. The largest absolute Gasteiger partial charge is 0.448 e. The minimum absolute atomic E-state index is 0.00718. The van der Waals surface area contributed by atoms with E-state index < -0.39 is 35.5 Å². The second kappa shape index (κ2) is 11.6. The van der Waals surface area contributed by atoms with E-state index >= 15 is 0 Å². The van der Waals surface area contributed by atoms with Crippen LogP contribution in [-0.2, 0) is 30.5 Å². The summed E-state index contributed by atoms with van der Waals surface area (Å²) in [5, 5.41) is 11.5. The Morgan fingerprint density at radius 1 is 1.05 bits per heavy atom. The number of esters is 1. The van der Waals surface area contributed by atoms with E-state index in [-0.39, 0.29) is 24.7 Å². The molecule has 0 radical (unpaired) electrons. The number of carbonyl (C=O) groups is 4. The van der Waals surface area contributed by atoms with Crippen molar-refractivity contribution in [3.63, 3.8) is 0 Å². The molecule has 11 heteroatoms. The number of benzene rings is 2. The molecule has 200 valence electrons. The zero-order valence-corrected chi connectivity index (χ0v) is 21.5. The normalized spacial score (nSPS) is 18.3. The minimum atomic E-state index is -0.773. The van der Waals surface area contributed by atoms with Gasteiger partial charge in [-0.3, -0.25) is 19.1 Å². The number of hydrogen-bond acceptors (Lipinski definition) is 8. The third kappa shape index (κ3) is 5.18. The van der Waals surface area contributed by atoms with Crippen LogP contribution in [-0.4, -0.2) is 62.7 Å². The van der Waals surface area contributed by atoms with Gasteiger partial charge in [0.2, 0.25) is 6.41 Å². The molecule has 2 N–H and O–H groups in total. The summed E-state index contributed by atoms with van der Waals surface area (Å²) in [4.78, 5) is 51.8. The molecule has 5 rings (SSSR count). The van der Waals surface area contributed by atoms with Crippen LogP contribution >= 0.6 is 11.8 Å². The second-order valence-electron chi connectivity index (χ2n) is 8.81. The number of aromatic nitrogens is 1. The monoisotopic (exact) mass is 547 g/mol. The zero-order valence-electron chi connectivity index (χ0n) is 20.6.